The summed E-state index contributed by atoms with van der Waals surface area (Å²) in [5.74, 6) is 5.84. The fourth-order valence-corrected chi connectivity index (χ4v) is 6.94. The van der Waals surface area contributed by atoms with Crippen LogP contribution >= 0.6 is 0 Å². The van der Waals surface area contributed by atoms with Gasteiger partial charge in [0.2, 0.25) is 0 Å². The molecule has 1 unspecified atom stereocenters. The highest BCUT2D eigenvalue weighted by atomic mass is 14.8. The van der Waals surface area contributed by atoms with Crippen molar-refractivity contribution in [2.45, 2.75) is 76.7 Å². The zero-order valence-corrected chi connectivity index (χ0v) is 12.6. The minimum Gasteiger partial charge on any atom is -0.325 e. The number of rotatable bonds is 2. The highest BCUT2D eigenvalue weighted by Crippen LogP contribution is 2.60. The molecule has 5 fully saturated rings. The maximum absolute atomic E-state index is 7.02. The van der Waals surface area contributed by atoms with Crippen LogP contribution in [0.4, 0.5) is 0 Å². The molecule has 5 rings (SSSR count). The third-order valence-electron chi connectivity index (χ3n) is 7.43. The van der Waals surface area contributed by atoms with Gasteiger partial charge in [0, 0.05) is 5.54 Å². The van der Waals surface area contributed by atoms with Gasteiger partial charge in [-0.2, -0.15) is 0 Å². The lowest BCUT2D eigenvalue weighted by molar-refractivity contribution is -0.0817. The summed E-state index contributed by atoms with van der Waals surface area (Å²) in [6, 6.07) is 0. The Labute approximate surface area is 118 Å². The predicted molar refractivity (Wildman–Crippen MR) is 79.7 cm³/mol. The van der Waals surface area contributed by atoms with Crippen molar-refractivity contribution < 1.29 is 0 Å². The van der Waals surface area contributed by atoms with Gasteiger partial charge in [-0.05, 0) is 87.4 Å². The van der Waals surface area contributed by atoms with E-state index in [1.165, 1.54) is 57.8 Å². The molecule has 0 amide bonds. The topological polar surface area (TPSA) is 26.0 Å². The smallest absolute Gasteiger partial charge is 0.0188 e. The average Bonchev–Trinajstić information content (AvgIpc) is 2.38. The summed E-state index contributed by atoms with van der Waals surface area (Å²) >= 11 is 0. The van der Waals surface area contributed by atoms with Crippen LogP contribution in [0.2, 0.25) is 0 Å². The van der Waals surface area contributed by atoms with E-state index < -0.39 is 0 Å². The second kappa shape index (κ2) is 4.48. The molecule has 0 spiro atoms. The molecule has 4 bridgehead atoms. The summed E-state index contributed by atoms with van der Waals surface area (Å²) in [5, 5.41) is 0. The lowest BCUT2D eigenvalue weighted by Crippen LogP contribution is -2.61. The SMILES string of the molecule is CC(N)(C1CCCCC1)C1C2CC3CC(C2)CC1C3. The summed E-state index contributed by atoms with van der Waals surface area (Å²) in [6.45, 7) is 2.44. The molecule has 5 aliphatic carbocycles. The van der Waals surface area contributed by atoms with Crippen molar-refractivity contribution in [2.75, 3.05) is 0 Å². The van der Waals surface area contributed by atoms with E-state index in [0.29, 0.717) is 0 Å². The van der Waals surface area contributed by atoms with Gasteiger partial charge in [0.1, 0.15) is 0 Å². The zero-order chi connectivity index (χ0) is 13.0. The van der Waals surface area contributed by atoms with Crippen molar-refractivity contribution in [3.05, 3.63) is 0 Å². The fourth-order valence-electron chi connectivity index (χ4n) is 6.94. The van der Waals surface area contributed by atoms with Crippen LogP contribution in [-0.4, -0.2) is 5.54 Å². The van der Waals surface area contributed by atoms with Crippen molar-refractivity contribution in [2.24, 2.45) is 41.2 Å². The third kappa shape index (κ3) is 1.99. The largest absolute Gasteiger partial charge is 0.325 e. The normalized spacial score (nSPS) is 49.3. The molecule has 19 heavy (non-hydrogen) atoms. The first-order chi connectivity index (χ1) is 9.14. The van der Waals surface area contributed by atoms with Crippen LogP contribution in [-0.2, 0) is 0 Å². The molecule has 0 radical (unpaired) electrons. The Morgan fingerprint density at radius 2 is 1.32 bits per heavy atom. The van der Waals surface area contributed by atoms with E-state index in [2.05, 4.69) is 6.92 Å². The van der Waals surface area contributed by atoms with E-state index in [9.17, 15) is 0 Å². The second-order valence-electron chi connectivity index (χ2n) is 8.66. The lowest BCUT2D eigenvalue weighted by atomic mass is 9.47. The van der Waals surface area contributed by atoms with E-state index in [4.69, 9.17) is 5.73 Å². The number of hydrogen-bond donors (Lipinski definition) is 1. The molecule has 108 valence electrons. The molecule has 0 saturated heterocycles. The standard InChI is InChI=1S/C18H31N/c1-18(19,16-5-3-2-4-6-16)17-14-8-12-7-13(10-14)11-15(17)9-12/h12-17H,2-11,19H2,1H3. The summed E-state index contributed by atoms with van der Waals surface area (Å²) in [7, 11) is 0. The molecule has 0 aromatic heterocycles. The van der Waals surface area contributed by atoms with Crippen LogP contribution in [0, 0.1) is 35.5 Å². The van der Waals surface area contributed by atoms with Gasteiger partial charge in [0.25, 0.3) is 0 Å². The first-order valence-electron chi connectivity index (χ1n) is 8.93. The van der Waals surface area contributed by atoms with E-state index in [1.807, 2.05) is 0 Å². The minimum absolute atomic E-state index is 0.142. The highest BCUT2D eigenvalue weighted by Gasteiger charge is 2.54. The van der Waals surface area contributed by atoms with Crippen molar-refractivity contribution in [1.29, 1.82) is 0 Å². The van der Waals surface area contributed by atoms with Gasteiger partial charge in [0.05, 0.1) is 0 Å². The predicted octanol–water partition coefficient (Wildman–Crippen LogP) is 4.36. The lowest BCUT2D eigenvalue weighted by Gasteiger charge is -2.60. The summed E-state index contributed by atoms with van der Waals surface area (Å²) < 4.78 is 0. The Balaban J connectivity index is 1.57. The minimum atomic E-state index is 0.142. The number of nitrogens with two attached hydrogens (primary N) is 1. The number of hydrogen-bond acceptors (Lipinski definition) is 1. The second-order valence-corrected chi connectivity index (χ2v) is 8.66. The van der Waals surface area contributed by atoms with E-state index >= 15 is 0 Å². The molecule has 0 aliphatic heterocycles. The van der Waals surface area contributed by atoms with Crippen molar-refractivity contribution in [3.8, 4) is 0 Å². The summed E-state index contributed by atoms with van der Waals surface area (Å²) in [4.78, 5) is 0. The van der Waals surface area contributed by atoms with Crippen LogP contribution in [0.1, 0.15) is 71.1 Å². The van der Waals surface area contributed by atoms with Crippen molar-refractivity contribution in [1.82, 2.24) is 0 Å². The monoisotopic (exact) mass is 261 g/mol. The Morgan fingerprint density at radius 3 is 1.84 bits per heavy atom. The van der Waals surface area contributed by atoms with Gasteiger partial charge in [-0.25, -0.2) is 0 Å². The van der Waals surface area contributed by atoms with Gasteiger partial charge in [0.15, 0.2) is 0 Å². The molecule has 5 saturated carbocycles. The molecule has 0 aromatic carbocycles. The van der Waals surface area contributed by atoms with E-state index in [-0.39, 0.29) is 5.54 Å². The average molecular weight is 261 g/mol. The molecule has 0 aromatic rings. The van der Waals surface area contributed by atoms with Gasteiger partial charge in [-0.15, -0.1) is 0 Å². The van der Waals surface area contributed by atoms with Gasteiger partial charge < -0.3 is 5.73 Å². The maximum atomic E-state index is 7.02. The van der Waals surface area contributed by atoms with Crippen LogP contribution in [0.15, 0.2) is 0 Å². The molecule has 2 N–H and O–H groups in total. The highest BCUT2D eigenvalue weighted by molar-refractivity contribution is 5.07. The molecular formula is C18H31N. The first kappa shape index (κ1) is 12.7. The maximum Gasteiger partial charge on any atom is 0.0188 e. The van der Waals surface area contributed by atoms with Gasteiger partial charge in [-0.3, -0.25) is 0 Å². The summed E-state index contributed by atoms with van der Waals surface area (Å²) in [5.41, 5.74) is 7.16. The van der Waals surface area contributed by atoms with E-state index in [1.54, 1.807) is 6.42 Å². The summed E-state index contributed by atoms with van der Waals surface area (Å²) in [6.07, 6.45) is 14.8. The molecule has 1 nitrogen and oxygen atoms in total. The molecule has 1 atom stereocenters. The van der Waals surface area contributed by atoms with Crippen molar-refractivity contribution in [3.63, 3.8) is 0 Å². The molecule has 1 heteroatoms. The fraction of sp³-hybridized carbons (Fsp3) is 1.00. The molecule has 5 aliphatic rings. The Kier molecular flexibility index (Phi) is 2.99. The van der Waals surface area contributed by atoms with E-state index in [0.717, 1.165) is 35.5 Å². The Morgan fingerprint density at radius 1 is 0.789 bits per heavy atom. The Bertz CT molecular complexity index is 312. The quantitative estimate of drug-likeness (QED) is 0.785. The van der Waals surface area contributed by atoms with Crippen LogP contribution in [0.5, 0.6) is 0 Å². The first-order valence-corrected chi connectivity index (χ1v) is 8.93. The molecular weight excluding hydrogens is 230 g/mol. The molecule has 0 heterocycles. The van der Waals surface area contributed by atoms with Crippen LogP contribution in [0.3, 0.4) is 0 Å². The third-order valence-corrected chi connectivity index (χ3v) is 7.43. The van der Waals surface area contributed by atoms with Crippen LogP contribution < -0.4 is 5.73 Å². The van der Waals surface area contributed by atoms with Gasteiger partial charge >= 0.3 is 0 Å². The van der Waals surface area contributed by atoms with Crippen LogP contribution in [0.25, 0.3) is 0 Å². The van der Waals surface area contributed by atoms with Crippen molar-refractivity contribution >= 4 is 0 Å². The Hall–Kier alpha value is -0.0400. The van der Waals surface area contributed by atoms with Gasteiger partial charge in [-0.1, -0.05) is 19.3 Å². The zero-order valence-electron chi connectivity index (χ0n) is 12.6.